The summed E-state index contributed by atoms with van der Waals surface area (Å²) in [5.74, 6) is -0.575. The average molecular weight is 398 g/mol. The molecule has 6 heteroatoms. The summed E-state index contributed by atoms with van der Waals surface area (Å²) in [5.41, 5.74) is 3.37. The van der Waals surface area contributed by atoms with Crippen molar-refractivity contribution in [2.24, 2.45) is 5.10 Å². The third-order valence-corrected chi connectivity index (χ3v) is 3.69. The van der Waals surface area contributed by atoms with E-state index in [0.717, 1.165) is 10.0 Å². The molecule has 0 atom stereocenters. The number of nitrogens with one attached hydrogen (secondary N) is 1. The van der Waals surface area contributed by atoms with Crippen LogP contribution in [0.15, 0.2) is 56.5 Å². The Kier molecular flexibility index (Phi) is 4.92. The van der Waals surface area contributed by atoms with Crippen LogP contribution in [0, 0.1) is 0 Å². The monoisotopic (exact) mass is 396 g/mol. The fourth-order valence-electron chi connectivity index (χ4n) is 1.49. The topological polar surface area (TPSA) is 61.7 Å². The molecule has 0 aromatic heterocycles. The SMILES string of the molecule is O=C(N/N=C/c1ccccc1Br)c1cc(Br)ccc1O. The summed E-state index contributed by atoms with van der Waals surface area (Å²) in [6.07, 6.45) is 1.52. The zero-order valence-electron chi connectivity index (χ0n) is 10.2. The van der Waals surface area contributed by atoms with E-state index in [1.54, 1.807) is 6.07 Å². The molecule has 1 amide bonds. The van der Waals surface area contributed by atoms with Gasteiger partial charge in [-0.3, -0.25) is 4.79 Å². The van der Waals surface area contributed by atoms with Gasteiger partial charge in [-0.15, -0.1) is 0 Å². The molecule has 0 spiro atoms. The number of phenols is 1. The van der Waals surface area contributed by atoms with E-state index in [-0.39, 0.29) is 11.3 Å². The summed E-state index contributed by atoms with van der Waals surface area (Å²) >= 11 is 6.62. The van der Waals surface area contributed by atoms with Crippen LogP contribution >= 0.6 is 31.9 Å². The second-order valence-electron chi connectivity index (χ2n) is 3.88. The van der Waals surface area contributed by atoms with Crippen LogP contribution in [0.25, 0.3) is 0 Å². The summed E-state index contributed by atoms with van der Waals surface area (Å²) in [7, 11) is 0. The van der Waals surface area contributed by atoms with Crippen molar-refractivity contribution >= 4 is 44.0 Å². The standard InChI is InChI=1S/C14H10Br2N2O2/c15-10-5-6-13(19)11(7-10)14(20)18-17-8-9-3-1-2-4-12(9)16/h1-8,19H,(H,18,20)/b17-8+. The Morgan fingerprint density at radius 2 is 1.95 bits per heavy atom. The third kappa shape index (κ3) is 3.68. The zero-order valence-corrected chi connectivity index (χ0v) is 13.3. The first-order valence-corrected chi connectivity index (χ1v) is 7.23. The van der Waals surface area contributed by atoms with Crippen molar-refractivity contribution in [1.82, 2.24) is 5.43 Å². The van der Waals surface area contributed by atoms with Gasteiger partial charge >= 0.3 is 0 Å². The third-order valence-electron chi connectivity index (χ3n) is 2.48. The Morgan fingerprint density at radius 3 is 2.70 bits per heavy atom. The molecule has 0 aliphatic carbocycles. The fourth-order valence-corrected chi connectivity index (χ4v) is 2.24. The van der Waals surface area contributed by atoms with Gasteiger partial charge < -0.3 is 5.11 Å². The number of rotatable bonds is 3. The van der Waals surface area contributed by atoms with Crippen molar-refractivity contribution in [2.45, 2.75) is 0 Å². The number of hydrogen-bond acceptors (Lipinski definition) is 3. The molecule has 0 radical (unpaired) electrons. The number of halogens is 2. The Labute approximate surface area is 132 Å². The van der Waals surface area contributed by atoms with Crippen LogP contribution in [0.3, 0.4) is 0 Å². The lowest BCUT2D eigenvalue weighted by Crippen LogP contribution is -2.17. The second kappa shape index (κ2) is 6.67. The van der Waals surface area contributed by atoms with Gasteiger partial charge in [-0.25, -0.2) is 5.43 Å². The van der Waals surface area contributed by atoms with E-state index in [1.807, 2.05) is 24.3 Å². The number of nitrogens with zero attached hydrogens (tertiary/aromatic N) is 1. The Balaban J connectivity index is 2.09. The minimum Gasteiger partial charge on any atom is -0.507 e. The van der Waals surface area contributed by atoms with Gasteiger partial charge in [0.05, 0.1) is 11.8 Å². The quantitative estimate of drug-likeness (QED) is 0.612. The van der Waals surface area contributed by atoms with Gasteiger partial charge in [0, 0.05) is 14.5 Å². The number of hydrazone groups is 1. The highest BCUT2D eigenvalue weighted by Gasteiger charge is 2.10. The Hall–Kier alpha value is -1.66. The maximum Gasteiger partial charge on any atom is 0.275 e. The Morgan fingerprint density at radius 1 is 1.20 bits per heavy atom. The largest absolute Gasteiger partial charge is 0.507 e. The zero-order chi connectivity index (χ0) is 14.5. The molecule has 2 rings (SSSR count). The van der Waals surface area contributed by atoms with Gasteiger partial charge in [-0.1, -0.05) is 50.1 Å². The first-order chi connectivity index (χ1) is 9.58. The molecule has 0 heterocycles. The van der Waals surface area contributed by atoms with Crippen LogP contribution in [0.2, 0.25) is 0 Å². The van der Waals surface area contributed by atoms with Crippen molar-refractivity contribution in [3.05, 3.63) is 62.5 Å². The minimum absolute atomic E-state index is 0.0956. The molecule has 0 saturated heterocycles. The number of carbonyl (C=O) groups is 1. The van der Waals surface area contributed by atoms with E-state index in [9.17, 15) is 9.90 Å². The fraction of sp³-hybridized carbons (Fsp3) is 0. The summed E-state index contributed by atoms with van der Waals surface area (Å²) in [4.78, 5) is 11.9. The van der Waals surface area contributed by atoms with Gasteiger partial charge in [0.15, 0.2) is 0 Å². The van der Waals surface area contributed by atoms with E-state index >= 15 is 0 Å². The van der Waals surface area contributed by atoms with Gasteiger partial charge in [0.2, 0.25) is 0 Å². The summed E-state index contributed by atoms with van der Waals surface area (Å²) < 4.78 is 1.58. The minimum atomic E-state index is -0.480. The molecule has 0 unspecified atom stereocenters. The van der Waals surface area contributed by atoms with Crippen molar-refractivity contribution in [3.8, 4) is 5.75 Å². The van der Waals surface area contributed by atoms with Gasteiger partial charge in [-0.2, -0.15) is 5.10 Å². The van der Waals surface area contributed by atoms with E-state index < -0.39 is 5.91 Å². The molecule has 20 heavy (non-hydrogen) atoms. The van der Waals surface area contributed by atoms with Crippen LogP contribution < -0.4 is 5.43 Å². The second-order valence-corrected chi connectivity index (χ2v) is 5.65. The van der Waals surface area contributed by atoms with Crippen LogP contribution in [0.5, 0.6) is 5.75 Å². The summed E-state index contributed by atoms with van der Waals surface area (Å²) in [6, 6.07) is 12.1. The first kappa shape index (κ1) is 14.7. The number of hydrogen-bond donors (Lipinski definition) is 2. The van der Waals surface area contributed by atoms with Crippen molar-refractivity contribution in [2.75, 3.05) is 0 Å². The molecule has 102 valence electrons. The van der Waals surface area contributed by atoms with Crippen molar-refractivity contribution in [3.63, 3.8) is 0 Å². The van der Waals surface area contributed by atoms with Gasteiger partial charge in [0.25, 0.3) is 5.91 Å². The van der Waals surface area contributed by atoms with E-state index in [0.29, 0.717) is 4.47 Å². The number of amides is 1. The van der Waals surface area contributed by atoms with Crippen LogP contribution in [0.1, 0.15) is 15.9 Å². The lowest BCUT2D eigenvalue weighted by molar-refractivity contribution is 0.0952. The van der Waals surface area contributed by atoms with E-state index in [1.165, 1.54) is 18.3 Å². The highest BCUT2D eigenvalue weighted by molar-refractivity contribution is 9.10. The number of phenolic OH excluding ortho intramolecular Hbond substituents is 1. The molecular formula is C14H10Br2N2O2. The normalized spacial score (nSPS) is 10.7. The van der Waals surface area contributed by atoms with Crippen LogP contribution in [0.4, 0.5) is 0 Å². The number of aromatic hydroxyl groups is 1. The molecule has 2 aromatic carbocycles. The number of carbonyl (C=O) groups excluding carboxylic acids is 1. The van der Waals surface area contributed by atoms with Gasteiger partial charge in [-0.05, 0) is 24.3 Å². The Bertz CT molecular complexity index is 672. The maximum atomic E-state index is 11.9. The highest BCUT2D eigenvalue weighted by atomic mass is 79.9. The molecular weight excluding hydrogens is 388 g/mol. The summed E-state index contributed by atoms with van der Waals surface area (Å²) in [5, 5.41) is 13.5. The molecule has 0 aliphatic heterocycles. The van der Waals surface area contributed by atoms with Crippen molar-refractivity contribution < 1.29 is 9.90 Å². The lowest BCUT2D eigenvalue weighted by Gasteiger charge is -2.03. The van der Waals surface area contributed by atoms with Gasteiger partial charge in [0.1, 0.15) is 5.75 Å². The lowest BCUT2D eigenvalue weighted by atomic mass is 10.2. The van der Waals surface area contributed by atoms with Crippen molar-refractivity contribution in [1.29, 1.82) is 0 Å². The molecule has 4 nitrogen and oxygen atoms in total. The molecule has 0 aliphatic rings. The maximum absolute atomic E-state index is 11.9. The first-order valence-electron chi connectivity index (χ1n) is 5.64. The van der Waals surface area contributed by atoms with Crippen LogP contribution in [-0.4, -0.2) is 17.2 Å². The molecule has 2 aromatic rings. The average Bonchev–Trinajstić information content (AvgIpc) is 2.43. The molecule has 0 saturated carbocycles. The molecule has 2 N–H and O–H groups in total. The van der Waals surface area contributed by atoms with E-state index in [2.05, 4.69) is 42.4 Å². The van der Waals surface area contributed by atoms with E-state index in [4.69, 9.17) is 0 Å². The molecule has 0 fully saturated rings. The summed E-state index contributed by atoms with van der Waals surface area (Å²) in [6.45, 7) is 0. The molecule has 0 bridgehead atoms. The smallest absolute Gasteiger partial charge is 0.275 e. The number of benzene rings is 2. The predicted molar refractivity (Wildman–Crippen MR) is 85.0 cm³/mol. The highest BCUT2D eigenvalue weighted by Crippen LogP contribution is 2.21. The predicted octanol–water partition coefficient (Wildman–Crippen LogP) is 3.68. The van der Waals surface area contributed by atoms with Crippen LogP contribution in [-0.2, 0) is 0 Å².